The van der Waals surface area contributed by atoms with E-state index in [-0.39, 0.29) is 15.5 Å². The number of nitrogens with one attached hydrogen (secondary N) is 1. The van der Waals surface area contributed by atoms with Crippen LogP contribution in [0, 0.1) is 0 Å². The Hall–Kier alpha value is -2.58. The van der Waals surface area contributed by atoms with Gasteiger partial charge >= 0.3 is 5.97 Å². The van der Waals surface area contributed by atoms with Gasteiger partial charge in [0.1, 0.15) is 5.76 Å². The van der Waals surface area contributed by atoms with Crippen LogP contribution < -0.4 is 0 Å². The number of carbonyl (C=O) groups excluding carboxylic acids is 1. The van der Waals surface area contributed by atoms with E-state index in [0.29, 0.717) is 11.1 Å². The van der Waals surface area contributed by atoms with E-state index < -0.39 is 27.3 Å². The van der Waals surface area contributed by atoms with Crippen LogP contribution in [0.4, 0.5) is 0 Å². The van der Waals surface area contributed by atoms with Gasteiger partial charge in [-0.15, -0.1) is 0 Å². The first kappa shape index (κ1) is 16.8. The molecule has 0 amide bonds. The Kier molecular flexibility index (Phi) is 4.57. The molecule has 0 spiro atoms. The molecule has 0 fully saturated rings. The minimum atomic E-state index is -3.84. The molecule has 0 aliphatic heterocycles. The van der Waals surface area contributed by atoms with E-state index in [4.69, 9.17) is 16.7 Å². The Balaban J connectivity index is 2.37. The first-order valence-electron chi connectivity index (χ1n) is 6.09. The summed E-state index contributed by atoms with van der Waals surface area (Å²) >= 11 is 5.71. The number of rotatable bonds is 5. The molecule has 7 nitrogen and oxygen atoms in total. The maximum absolute atomic E-state index is 12.4. The van der Waals surface area contributed by atoms with Crippen molar-refractivity contribution in [1.29, 1.82) is 0 Å². The first-order valence-corrected chi connectivity index (χ1v) is 7.95. The SMILES string of the molecule is O=C(O)C(=O)C=C(O)c1cc(S(=O)(=O)c2ccc(Cl)cc2)c[nH]1. The van der Waals surface area contributed by atoms with Gasteiger partial charge in [-0.05, 0) is 30.3 Å². The zero-order valence-electron chi connectivity index (χ0n) is 11.4. The zero-order chi connectivity index (χ0) is 17.2. The van der Waals surface area contributed by atoms with Crippen LogP contribution in [0.5, 0.6) is 0 Å². The fourth-order valence-electron chi connectivity index (χ4n) is 1.69. The van der Waals surface area contributed by atoms with Crippen molar-refractivity contribution >= 4 is 38.9 Å². The molecule has 23 heavy (non-hydrogen) atoms. The van der Waals surface area contributed by atoms with Crippen molar-refractivity contribution in [2.24, 2.45) is 0 Å². The van der Waals surface area contributed by atoms with Crippen LogP contribution in [0.15, 0.2) is 52.4 Å². The van der Waals surface area contributed by atoms with E-state index in [1.165, 1.54) is 24.3 Å². The highest BCUT2D eigenvalue weighted by Gasteiger charge is 2.20. The molecule has 0 unspecified atom stereocenters. The molecule has 0 saturated carbocycles. The van der Waals surface area contributed by atoms with E-state index >= 15 is 0 Å². The van der Waals surface area contributed by atoms with Crippen LogP contribution in [0.3, 0.4) is 0 Å². The van der Waals surface area contributed by atoms with Crippen LogP contribution in [0.25, 0.3) is 5.76 Å². The molecule has 0 bridgehead atoms. The van der Waals surface area contributed by atoms with Gasteiger partial charge in [-0.25, -0.2) is 13.2 Å². The quantitative estimate of drug-likeness (QED) is 0.428. The Morgan fingerprint density at radius 1 is 1.09 bits per heavy atom. The smallest absolute Gasteiger partial charge is 0.376 e. The lowest BCUT2D eigenvalue weighted by molar-refractivity contribution is -0.146. The molecule has 1 aromatic heterocycles. The summed E-state index contributed by atoms with van der Waals surface area (Å²) in [6.45, 7) is 0. The normalized spacial score (nSPS) is 12.1. The van der Waals surface area contributed by atoms with Gasteiger partial charge in [-0.1, -0.05) is 11.6 Å². The topological polar surface area (TPSA) is 125 Å². The maximum Gasteiger partial charge on any atom is 0.376 e. The van der Waals surface area contributed by atoms with Crippen LogP contribution in [0.1, 0.15) is 5.69 Å². The molecule has 120 valence electrons. The molecular formula is C14H10ClNO6S. The highest BCUT2D eigenvalue weighted by molar-refractivity contribution is 7.91. The van der Waals surface area contributed by atoms with E-state index in [0.717, 1.165) is 12.3 Å². The van der Waals surface area contributed by atoms with Crippen LogP contribution in [0.2, 0.25) is 5.02 Å². The van der Waals surface area contributed by atoms with Crippen molar-refractivity contribution in [1.82, 2.24) is 4.98 Å². The summed E-state index contributed by atoms with van der Waals surface area (Å²) < 4.78 is 24.8. The number of aromatic amines is 1. The number of aliphatic carboxylic acids is 1. The van der Waals surface area contributed by atoms with Gasteiger partial charge in [0.2, 0.25) is 9.84 Å². The van der Waals surface area contributed by atoms with Gasteiger partial charge in [0.05, 0.1) is 15.5 Å². The number of hydrogen-bond acceptors (Lipinski definition) is 5. The molecule has 0 aliphatic carbocycles. The molecule has 0 atom stereocenters. The average molecular weight is 356 g/mol. The zero-order valence-corrected chi connectivity index (χ0v) is 12.9. The standard InChI is InChI=1S/C14H10ClNO6S/c15-8-1-3-9(4-2-8)23(21,22)10-5-11(16-7-10)12(17)6-13(18)14(19)20/h1-7,16-17H,(H,19,20). The summed E-state index contributed by atoms with van der Waals surface area (Å²) in [5.74, 6) is -3.76. The summed E-state index contributed by atoms with van der Waals surface area (Å²) in [5, 5.41) is 18.5. The van der Waals surface area contributed by atoms with Gasteiger partial charge in [-0.2, -0.15) is 0 Å². The molecule has 2 rings (SSSR count). The predicted octanol–water partition coefficient (Wildman–Crippen LogP) is 2.05. The highest BCUT2D eigenvalue weighted by Crippen LogP contribution is 2.24. The third-order valence-electron chi connectivity index (χ3n) is 2.85. The highest BCUT2D eigenvalue weighted by atomic mass is 35.5. The number of carboxylic acid groups (broad SMARTS) is 1. The lowest BCUT2D eigenvalue weighted by Crippen LogP contribution is -2.09. The number of halogens is 1. The first-order chi connectivity index (χ1) is 10.7. The van der Waals surface area contributed by atoms with Crippen molar-refractivity contribution in [3.8, 4) is 0 Å². The number of benzene rings is 1. The summed E-state index contributed by atoms with van der Waals surface area (Å²) in [6, 6.07) is 6.59. The molecule has 1 aromatic carbocycles. The van der Waals surface area contributed by atoms with Crippen molar-refractivity contribution < 1.29 is 28.2 Å². The average Bonchev–Trinajstić information content (AvgIpc) is 2.98. The second-order valence-electron chi connectivity index (χ2n) is 4.41. The molecule has 9 heteroatoms. The van der Waals surface area contributed by atoms with E-state index in [1.54, 1.807) is 0 Å². The Bertz CT molecular complexity index is 896. The minimum Gasteiger partial charge on any atom is -0.506 e. The molecule has 2 aromatic rings. The third kappa shape index (κ3) is 3.61. The van der Waals surface area contributed by atoms with Crippen LogP contribution in [-0.4, -0.2) is 35.4 Å². The molecule has 1 heterocycles. The maximum atomic E-state index is 12.4. The second-order valence-corrected chi connectivity index (χ2v) is 6.79. The predicted molar refractivity (Wildman–Crippen MR) is 80.9 cm³/mol. The van der Waals surface area contributed by atoms with E-state index in [1.807, 2.05) is 0 Å². The second kappa shape index (κ2) is 6.27. The molecular weight excluding hydrogens is 346 g/mol. The monoisotopic (exact) mass is 355 g/mol. The van der Waals surface area contributed by atoms with Gasteiger partial charge in [0, 0.05) is 17.3 Å². The van der Waals surface area contributed by atoms with Gasteiger partial charge in [-0.3, -0.25) is 4.79 Å². The number of H-pyrrole nitrogens is 1. The Morgan fingerprint density at radius 2 is 1.70 bits per heavy atom. The van der Waals surface area contributed by atoms with E-state index in [2.05, 4.69) is 4.98 Å². The van der Waals surface area contributed by atoms with E-state index in [9.17, 15) is 23.1 Å². The van der Waals surface area contributed by atoms with Crippen molar-refractivity contribution in [2.45, 2.75) is 9.79 Å². The number of aliphatic hydroxyl groups excluding tert-OH is 1. The largest absolute Gasteiger partial charge is 0.506 e. The lowest BCUT2D eigenvalue weighted by Gasteiger charge is -2.01. The van der Waals surface area contributed by atoms with Crippen molar-refractivity contribution in [2.75, 3.05) is 0 Å². The van der Waals surface area contributed by atoms with Crippen LogP contribution in [-0.2, 0) is 19.4 Å². The number of aliphatic hydroxyl groups is 1. The van der Waals surface area contributed by atoms with Crippen LogP contribution >= 0.6 is 11.6 Å². The fourth-order valence-corrected chi connectivity index (χ4v) is 3.07. The number of hydrogen-bond donors (Lipinski definition) is 3. The number of carboxylic acids is 1. The van der Waals surface area contributed by atoms with Gasteiger partial charge in [0.25, 0.3) is 5.78 Å². The minimum absolute atomic E-state index is 0.00229. The van der Waals surface area contributed by atoms with Crippen molar-refractivity contribution in [3.05, 3.63) is 53.3 Å². The number of ketones is 1. The van der Waals surface area contributed by atoms with Crippen molar-refractivity contribution in [3.63, 3.8) is 0 Å². The summed E-state index contributed by atoms with van der Waals surface area (Å²) in [7, 11) is -3.84. The Morgan fingerprint density at radius 3 is 2.26 bits per heavy atom. The molecule has 0 saturated heterocycles. The third-order valence-corrected chi connectivity index (χ3v) is 4.85. The number of carbonyl (C=O) groups is 2. The van der Waals surface area contributed by atoms with Gasteiger partial charge < -0.3 is 15.2 Å². The fraction of sp³-hybridized carbons (Fsp3) is 0. The lowest BCUT2D eigenvalue weighted by atomic mass is 10.3. The molecule has 0 aliphatic rings. The summed E-state index contributed by atoms with van der Waals surface area (Å²) in [4.78, 5) is 23.7. The molecule has 3 N–H and O–H groups in total. The number of sulfone groups is 1. The summed E-state index contributed by atoms with van der Waals surface area (Å²) in [6.07, 6.45) is 1.60. The number of aromatic nitrogens is 1. The summed E-state index contributed by atoms with van der Waals surface area (Å²) in [5.41, 5.74) is -0.105. The molecule has 0 radical (unpaired) electrons. The Labute approximate surface area is 135 Å². The van der Waals surface area contributed by atoms with Gasteiger partial charge in [0.15, 0.2) is 0 Å².